The number of allylic oxidation sites excluding steroid dienone is 1. The second-order valence-electron chi connectivity index (χ2n) is 7.95. The number of benzene rings is 1. The van der Waals surface area contributed by atoms with E-state index in [1.165, 1.54) is 13.2 Å². The summed E-state index contributed by atoms with van der Waals surface area (Å²) in [5.74, 6) is -0.986. The molecule has 168 valence electrons. The predicted octanol–water partition coefficient (Wildman–Crippen LogP) is 5.17. The van der Waals surface area contributed by atoms with E-state index in [1.807, 2.05) is 0 Å². The van der Waals surface area contributed by atoms with E-state index in [-0.39, 0.29) is 25.9 Å². The highest BCUT2D eigenvalue weighted by Gasteiger charge is 2.34. The zero-order chi connectivity index (χ0) is 22.9. The summed E-state index contributed by atoms with van der Waals surface area (Å²) in [7, 11) is 1.27. The molecule has 6 nitrogen and oxygen atoms in total. The van der Waals surface area contributed by atoms with Crippen molar-refractivity contribution in [1.82, 2.24) is 10.6 Å². The van der Waals surface area contributed by atoms with Gasteiger partial charge in [-0.05, 0) is 57.9 Å². The standard InChI is InChI=1S/C21H29Cl2FN2O4/c1-20(2,3)30-19(28)25-11-9-16(24)8-10-21(4,18(27)29-5)26-13-14-6-7-15(22)12-17(14)23/h6-7,9,12,26H,8,10-11,13H2,1-5H3,(H,25,28)/b16-9-. The third kappa shape index (κ3) is 9.32. The SMILES string of the molecule is COC(=O)C(C)(CC/C(F)=C/CNC(=O)OC(C)(C)C)NCc1ccc(Cl)cc1Cl. The number of amides is 1. The second kappa shape index (κ2) is 11.5. The number of carbonyl (C=O) groups is 2. The lowest BCUT2D eigenvalue weighted by atomic mass is 9.94. The van der Waals surface area contributed by atoms with Crippen LogP contribution in [0.3, 0.4) is 0 Å². The number of hydrogen-bond donors (Lipinski definition) is 2. The molecule has 0 saturated heterocycles. The summed E-state index contributed by atoms with van der Waals surface area (Å²) in [6, 6.07) is 5.05. The van der Waals surface area contributed by atoms with Crippen molar-refractivity contribution in [1.29, 1.82) is 0 Å². The van der Waals surface area contributed by atoms with Gasteiger partial charge >= 0.3 is 12.1 Å². The number of carbonyl (C=O) groups excluding carboxylic acids is 2. The van der Waals surface area contributed by atoms with Gasteiger partial charge in [-0.3, -0.25) is 10.1 Å². The monoisotopic (exact) mass is 462 g/mol. The van der Waals surface area contributed by atoms with Crippen molar-refractivity contribution in [2.75, 3.05) is 13.7 Å². The van der Waals surface area contributed by atoms with E-state index in [0.717, 1.165) is 5.56 Å². The van der Waals surface area contributed by atoms with Crippen LogP contribution in [0, 0.1) is 0 Å². The number of alkyl carbamates (subject to hydrolysis) is 1. The van der Waals surface area contributed by atoms with Crippen molar-refractivity contribution in [3.63, 3.8) is 0 Å². The molecule has 1 rings (SSSR count). The number of rotatable bonds is 9. The fourth-order valence-corrected chi connectivity index (χ4v) is 2.95. The average Bonchev–Trinajstić information content (AvgIpc) is 2.63. The zero-order valence-corrected chi connectivity index (χ0v) is 19.4. The first-order chi connectivity index (χ1) is 13.9. The predicted molar refractivity (Wildman–Crippen MR) is 116 cm³/mol. The molecule has 2 N–H and O–H groups in total. The van der Waals surface area contributed by atoms with Crippen LogP contribution < -0.4 is 10.6 Å². The maximum Gasteiger partial charge on any atom is 0.407 e. The molecular weight excluding hydrogens is 434 g/mol. The van der Waals surface area contributed by atoms with Gasteiger partial charge in [0, 0.05) is 29.6 Å². The number of ether oxygens (including phenoxy) is 2. The Bertz CT molecular complexity index is 781. The minimum absolute atomic E-state index is 0.0243. The molecule has 0 saturated carbocycles. The summed E-state index contributed by atoms with van der Waals surface area (Å²) in [4.78, 5) is 23.9. The molecule has 30 heavy (non-hydrogen) atoms. The van der Waals surface area contributed by atoms with Crippen LogP contribution in [0.5, 0.6) is 0 Å². The lowest BCUT2D eigenvalue weighted by molar-refractivity contribution is -0.148. The van der Waals surface area contributed by atoms with Crippen molar-refractivity contribution in [3.8, 4) is 0 Å². The van der Waals surface area contributed by atoms with Gasteiger partial charge in [0.1, 0.15) is 11.1 Å². The Morgan fingerprint density at radius 2 is 1.87 bits per heavy atom. The molecule has 0 bridgehead atoms. The molecule has 0 aromatic heterocycles. The molecule has 1 unspecified atom stereocenters. The Morgan fingerprint density at radius 1 is 1.20 bits per heavy atom. The summed E-state index contributed by atoms with van der Waals surface area (Å²) < 4.78 is 24.2. The van der Waals surface area contributed by atoms with Crippen LogP contribution in [0.25, 0.3) is 0 Å². The first-order valence-electron chi connectivity index (χ1n) is 9.45. The molecule has 1 atom stereocenters. The third-order valence-corrected chi connectivity index (χ3v) is 4.74. The van der Waals surface area contributed by atoms with Gasteiger partial charge in [-0.25, -0.2) is 9.18 Å². The van der Waals surface area contributed by atoms with Crippen molar-refractivity contribution < 1.29 is 23.5 Å². The number of esters is 1. The molecule has 0 radical (unpaired) electrons. The Hall–Kier alpha value is -1.83. The minimum atomic E-state index is -1.14. The normalized spacial score (nSPS) is 14.1. The van der Waals surface area contributed by atoms with Crippen LogP contribution in [0.1, 0.15) is 46.1 Å². The van der Waals surface area contributed by atoms with Crippen LogP contribution in [0.2, 0.25) is 10.0 Å². The molecule has 0 spiro atoms. The van der Waals surface area contributed by atoms with Gasteiger partial charge in [-0.2, -0.15) is 0 Å². The quantitative estimate of drug-likeness (QED) is 0.494. The Kier molecular flexibility index (Phi) is 10.1. The van der Waals surface area contributed by atoms with Crippen molar-refractivity contribution >= 4 is 35.3 Å². The average molecular weight is 463 g/mol. The van der Waals surface area contributed by atoms with Crippen LogP contribution in [-0.2, 0) is 20.8 Å². The summed E-state index contributed by atoms with van der Waals surface area (Å²) in [5, 5.41) is 6.51. The summed E-state index contributed by atoms with van der Waals surface area (Å²) in [6.07, 6.45) is 0.716. The minimum Gasteiger partial charge on any atom is -0.468 e. The first kappa shape index (κ1) is 26.2. The summed E-state index contributed by atoms with van der Waals surface area (Å²) >= 11 is 12.1. The molecule has 1 aromatic rings. The van der Waals surface area contributed by atoms with Crippen LogP contribution >= 0.6 is 23.2 Å². The highest BCUT2D eigenvalue weighted by Crippen LogP contribution is 2.24. The lowest BCUT2D eigenvalue weighted by Gasteiger charge is -2.28. The Morgan fingerprint density at radius 3 is 2.43 bits per heavy atom. The largest absolute Gasteiger partial charge is 0.468 e. The highest BCUT2D eigenvalue weighted by molar-refractivity contribution is 6.35. The maximum atomic E-state index is 14.2. The summed E-state index contributed by atoms with van der Waals surface area (Å²) in [5.41, 5.74) is -1.02. The van der Waals surface area contributed by atoms with E-state index in [0.29, 0.717) is 10.0 Å². The molecule has 0 fully saturated rings. The van der Waals surface area contributed by atoms with Gasteiger partial charge in [0.25, 0.3) is 0 Å². The molecule has 9 heteroatoms. The molecule has 0 aliphatic rings. The fraction of sp³-hybridized carbons (Fsp3) is 0.524. The van der Waals surface area contributed by atoms with E-state index in [1.54, 1.807) is 45.9 Å². The van der Waals surface area contributed by atoms with Gasteiger partial charge in [-0.1, -0.05) is 29.3 Å². The van der Waals surface area contributed by atoms with Gasteiger partial charge < -0.3 is 14.8 Å². The molecular formula is C21H29Cl2FN2O4. The van der Waals surface area contributed by atoms with E-state index in [4.69, 9.17) is 32.7 Å². The smallest absolute Gasteiger partial charge is 0.407 e. The van der Waals surface area contributed by atoms with E-state index < -0.39 is 29.0 Å². The second-order valence-corrected chi connectivity index (χ2v) is 8.79. The first-order valence-corrected chi connectivity index (χ1v) is 10.2. The van der Waals surface area contributed by atoms with Crippen LogP contribution in [-0.4, -0.2) is 36.9 Å². The van der Waals surface area contributed by atoms with Crippen molar-refractivity contribution in [2.24, 2.45) is 0 Å². The Labute approximate surface area is 187 Å². The van der Waals surface area contributed by atoms with Crippen molar-refractivity contribution in [3.05, 3.63) is 45.7 Å². The maximum absolute atomic E-state index is 14.2. The number of methoxy groups -OCH3 is 1. The van der Waals surface area contributed by atoms with Gasteiger partial charge in [0.05, 0.1) is 12.9 Å². The molecule has 1 amide bonds. The zero-order valence-electron chi connectivity index (χ0n) is 17.9. The molecule has 0 aliphatic carbocycles. The number of nitrogens with one attached hydrogen (secondary N) is 2. The fourth-order valence-electron chi connectivity index (χ4n) is 2.47. The third-order valence-electron chi connectivity index (χ3n) is 4.15. The number of hydrogen-bond acceptors (Lipinski definition) is 5. The molecule has 1 aromatic carbocycles. The van der Waals surface area contributed by atoms with E-state index >= 15 is 0 Å². The van der Waals surface area contributed by atoms with E-state index in [9.17, 15) is 14.0 Å². The summed E-state index contributed by atoms with van der Waals surface area (Å²) in [6.45, 7) is 7.09. The molecule has 0 heterocycles. The van der Waals surface area contributed by atoms with Gasteiger partial charge in [0.2, 0.25) is 0 Å². The van der Waals surface area contributed by atoms with E-state index in [2.05, 4.69) is 10.6 Å². The Balaban J connectivity index is 2.66. The van der Waals surface area contributed by atoms with Gasteiger partial charge in [-0.15, -0.1) is 0 Å². The lowest BCUT2D eigenvalue weighted by Crippen LogP contribution is -2.49. The van der Waals surface area contributed by atoms with Crippen molar-refractivity contribution in [2.45, 2.75) is 58.2 Å². The highest BCUT2D eigenvalue weighted by atomic mass is 35.5. The van der Waals surface area contributed by atoms with Gasteiger partial charge in [0.15, 0.2) is 0 Å². The molecule has 0 aliphatic heterocycles. The number of halogens is 3. The van der Waals surface area contributed by atoms with Crippen LogP contribution in [0.15, 0.2) is 30.1 Å². The van der Waals surface area contributed by atoms with Crippen LogP contribution in [0.4, 0.5) is 9.18 Å². The topological polar surface area (TPSA) is 76.7 Å².